The highest BCUT2D eigenvalue weighted by Crippen LogP contribution is 2.49. The number of hydrogen-bond acceptors (Lipinski definition) is 6. The Morgan fingerprint density at radius 2 is 1.93 bits per heavy atom. The lowest BCUT2D eigenvalue weighted by atomic mass is 9.84. The molecule has 160 valence electrons. The van der Waals surface area contributed by atoms with Gasteiger partial charge in [-0.15, -0.1) is 0 Å². The summed E-state index contributed by atoms with van der Waals surface area (Å²) < 4.78 is 33.5. The summed E-state index contributed by atoms with van der Waals surface area (Å²) in [6.07, 6.45) is 3.86. The van der Waals surface area contributed by atoms with Crippen LogP contribution in [-0.4, -0.2) is 39.5 Å². The summed E-state index contributed by atoms with van der Waals surface area (Å²) in [6, 6.07) is 3.65. The van der Waals surface area contributed by atoms with E-state index in [0.29, 0.717) is 11.8 Å². The Bertz CT molecular complexity index is 900. The second-order valence-electron chi connectivity index (χ2n) is 8.09. The number of carbonyl (C=O) groups excluding carboxylic acids is 2. The Kier molecular flexibility index (Phi) is 6.19. The van der Waals surface area contributed by atoms with E-state index >= 15 is 0 Å². The van der Waals surface area contributed by atoms with Crippen LogP contribution in [0.15, 0.2) is 23.1 Å². The van der Waals surface area contributed by atoms with E-state index in [1.165, 1.54) is 45.4 Å². The standard InChI is InChI=1S/C20H28N2O6S/c1-11(16-9-13-4-5-14(16)8-13)22-19(23)12(2)28-20(24)17-10-15(29(21,25)26)6-7-18(17)27-3/h6-7,10-14,16H,4-5,8-9H2,1-3H3,(H,22,23)(H2,21,25,26)/t11-,12+,13-,14-,16-/m0/s1. The van der Waals surface area contributed by atoms with Gasteiger partial charge in [0, 0.05) is 6.04 Å². The van der Waals surface area contributed by atoms with Crippen molar-refractivity contribution in [2.75, 3.05) is 7.11 Å². The number of nitrogens with one attached hydrogen (secondary N) is 1. The minimum absolute atomic E-state index is 0.0131. The molecule has 2 bridgehead atoms. The largest absolute Gasteiger partial charge is 0.496 e. The van der Waals surface area contributed by atoms with Crippen molar-refractivity contribution in [1.29, 1.82) is 0 Å². The van der Waals surface area contributed by atoms with Gasteiger partial charge in [-0.1, -0.05) is 6.42 Å². The lowest BCUT2D eigenvalue weighted by Crippen LogP contribution is -2.45. The van der Waals surface area contributed by atoms with Gasteiger partial charge in [-0.25, -0.2) is 18.4 Å². The van der Waals surface area contributed by atoms with Crippen molar-refractivity contribution < 1.29 is 27.5 Å². The van der Waals surface area contributed by atoms with E-state index in [-0.39, 0.29) is 28.2 Å². The molecule has 2 fully saturated rings. The number of hydrogen-bond donors (Lipinski definition) is 2. The number of carbonyl (C=O) groups is 2. The molecule has 2 aliphatic rings. The third-order valence-electron chi connectivity index (χ3n) is 6.18. The summed E-state index contributed by atoms with van der Waals surface area (Å²) in [7, 11) is -2.66. The van der Waals surface area contributed by atoms with E-state index in [9.17, 15) is 18.0 Å². The van der Waals surface area contributed by atoms with Crippen molar-refractivity contribution >= 4 is 21.9 Å². The molecule has 1 aromatic rings. The van der Waals surface area contributed by atoms with Crippen LogP contribution in [-0.2, 0) is 19.6 Å². The molecule has 3 N–H and O–H groups in total. The molecule has 0 aliphatic heterocycles. The SMILES string of the molecule is COc1ccc(S(N)(=O)=O)cc1C(=O)O[C@H](C)C(=O)N[C@@H](C)[C@@H]1C[C@H]2CC[C@H]1C2. The first kappa shape index (κ1) is 21.6. The molecule has 1 aromatic carbocycles. The van der Waals surface area contributed by atoms with Crippen LogP contribution in [0.3, 0.4) is 0 Å². The molecular weight excluding hydrogens is 396 g/mol. The quantitative estimate of drug-likeness (QED) is 0.644. The maximum Gasteiger partial charge on any atom is 0.342 e. The molecule has 0 saturated heterocycles. The Hall–Kier alpha value is -2.13. The maximum absolute atomic E-state index is 12.5. The molecule has 0 radical (unpaired) electrons. The van der Waals surface area contributed by atoms with Gasteiger partial charge in [-0.2, -0.15) is 0 Å². The highest BCUT2D eigenvalue weighted by Gasteiger charge is 2.42. The molecule has 2 saturated carbocycles. The highest BCUT2D eigenvalue weighted by molar-refractivity contribution is 7.89. The van der Waals surface area contributed by atoms with Crippen LogP contribution in [0, 0.1) is 17.8 Å². The fourth-order valence-electron chi connectivity index (χ4n) is 4.66. The molecule has 0 heterocycles. The Balaban J connectivity index is 1.64. The average molecular weight is 425 g/mol. The van der Waals surface area contributed by atoms with Gasteiger partial charge < -0.3 is 14.8 Å². The van der Waals surface area contributed by atoms with Gasteiger partial charge in [0.1, 0.15) is 11.3 Å². The minimum atomic E-state index is -4.00. The van der Waals surface area contributed by atoms with Gasteiger partial charge in [-0.3, -0.25) is 4.79 Å². The van der Waals surface area contributed by atoms with Crippen molar-refractivity contribution in [2.24, 2.45) is 22.9 Å². The van der Waals surface area contributed by atoms with Crippen LogP contribution in [0.1, 0.15) is 49.9 Å². The summed E-state index contributed by atoms with van der Waals surface area (Å²) in [6.45, 7) is 3.48. The van der Waals surface area contributed by atoms with Crippen LogP contribution < -0.4 is 15.2 Å². The van der Waals surface area contributed by atoms with E-state index in [2.05, 4.69) is 5.32 Å². The van der Waals surface area contributed by atoms with Crippen molar-refractivity contribution in [3.8, 4) is 5.75 Å². The normalized spacial score (nSPS) is 25.3. The van der Waals surface area contributed by atoms with Crippen LogP contribution in [0.5, 0.6) is 5.75 Å². The van der Waals surface area contributed by atoms with Crippen molar-refractivity contribution in [3.05, 3.63) is 23.8 Å². The molecule has 0 aromatic heterocycles. The number of nitrogens with two attached hydrogens (primary N) is 1. The van der Waals surface area contributed by atoms with Crippen LogP contribution in [0.25, 0.3) is 0 Å². The summed E-state index contributed by atoms with van der Waals surface area (Å²) in [5.41, 5.74) is -0.111. The molecule has 0 spiro atoms. The molecule has 5 atom stereocenters. The molecule has 9 heteroatoms. The van der Waals surface area contributed by atoms with E-state index in [4.69, 9.17) is 14.6 Å². The maximum atomic E-state index is 12.5. The lowest BCUT2D eigenvalue weighted by Gasteiger charge is -2.29. The van der Waals surface area contributed by atoms with Crippen molar-refractivity contribution in [3.63, 3.8) is 0 Å². The van der Waals surface area contributed by atoms with Gasteiger partial charge in [0.05, 0.1) is 12.0 Å². The number of primary sulfonamides is 1. The third-order valence-corrected chi connectivity index (χ3v) is 7.09. The molecule has 2 aliphatic carbocycles. The molecule has 1 amide bonds. The zero-order valence-corrected chi connectivity index (χ0v) is 17.7. The summed E-state index contributed by atoms with van der Waals surface area (Å²) in [4.78, 5) is 24.8. The monoisotopic (exact) mass is 424 g/mol. The number of methoxy groups -OCH3 is 1. The van der Waals surface area contributed by atoms with E-state index in [1.54, 1.807) is 0 Å². The van der Waals surface area contributed by atoms with Crippen LogP contribution in [0.2, 0.25) is 0 Å². The molecule has 3 rings (SSSR count). The number of benzene rings is 1. The second kappa shape index (κ2) is 8.31. The van der Waals surface area contributed by atoms with E-state index in [1.807, 2.05) is 6.92 Å². The number of ether oxygens (including phenoxy) is 2. The molecule has 8 nitrogen and oxygen atoms in total. The predicted molar refractivity (Wildman–Crippen MR) is 106 cm³/mol. The fourth-order valence-corrected chi connectivity index (χ4v) is 5.20. The number of amides is 1. The number of rotatable bonds is 7. The summed E-state index contributed by atoms with van der Waals surface area (Å²) in [5.74, 6) is 0.798. The molecule has 0 unspecified atom stereocenters. The summed E-state index contributed by atoms with van der Waals surface area (Å²) >= 11 is 0. The van der Waals surface area contributed by atoms with Gasteiger partial charge in [-0.05, 0) is 69.1 Å². The third kappa shape index (κ3) is 4.72. The first-order valence-electron chi connectivity index (χ1n) is 9.82. The molecule has 29 heavy (non-hydrogen) atoms. The topological polar surface area (TPSA) is 125 Å². The number of fused-ring (bicyclic) bond motifs is 2. The van der Waals surface area contributed by atoms with E-state index in [0.717, 1.165) is 18.4 Å². The number of esters is 1. The van der Waals surface area contributed by atoms with E-state index < -0.39 is 22.1 Å². The summed E-state index contributed by atoms with van der Waals surface area (Å²) in [5, 5.41) is 8.09. The minimum Gasteiger partial charge on any atom is -0.496 e. The second-order valence-corrected chi connectivity index (χ2v) is 9.65. The first-order chi connectivity index (χ1) is 13.6. The zero-order chi connectivity index (χ0) is 21.3. The van der Waals surface area contributed by atoms with Gasteiger partial charge >= 0.3 is 5.97 Å². The van der Waals surface area contributed by atoms with Crippen molar-refractivity contribution in [2.45, 2.75) is 56.6 Å². The Labute approximate surface area is 171 Å². The van der Waals surface area contributed by atoms with Gasteiger partial charge in [0.25, 0.3) is 5.91 Å². The Morgan fingerprint density at radius 1 is 1.21 bits per heavy atom. The highest BCUT2D eigenvalue weighted by atomic mass is 32.2. The Morgan fingerprint density at radius 3 is 2.48 bits per heavy atom. The fraction of sp³-hybridized carbons (Fsp3) is 0.600. The zero-order valence-electron chi connectivity index (χ0n) is 16.9. The predicted octanol–water partition coefficient (Wildman–Crippen LogP) is 1.83. The average Bonchev–Trinajstić information content (AvgIpc) is 3.30. The first-order valence-corrected chi connectivity index (χ1v) is 11.4. The van der Waals surface area contributed by atoms with Crippen LogP contribution >= 0.6 is 0 Å². The molecular formula is C20H28N2O6S. The van der Waals surface area contributed by atoms with Crippen LogP contribution in [0.4, 0.5) is 0 Å². The van der Waals surface area contributed by atoms with Crippen molar-refractivity contribution in [1.82, 2.24) is 5.32 Å². The smallest absolute Gasteiger partial charge is 0.342 e. The van der Waals surface area contributed by atoms with Gasteiger partial charge in [0.2, 0.25) is 10.0 Å². The number of sulfonamides is 1. The lowest BCUT2D eigenvalue weighted by molar-refractivity contribution is -0.130. The van der Waals surface area contributed by atoms with Gasteiger partial charge in [0.15, 0.2) is 6.10 Å².